The summed E-state index contributed by atoms with van der Waals surface area (Å²) in [5.74, 6) is 0. The van der Waals surface area contributed by atoms with Crippen LogP contribution in [-0.2, 0) is 12.0 Å². The highest BCUT2D eigenvalue weighted by molar-refractivity contribution is 7.15. The van der Waals surface area contributed by atoms with Crippen LogP contribution in [0.1, 0.15) is 23.7 Å². The van der Waals surface area contributed by atoms with Gasteiger partial charge in [-0.1, -0.05) is 29.8 Å². The van der Waals surface area contributed by atoms with Gasteiger partial charge in [0.2, 0.25) is 0 Å². The minimum Gasteiger partial charge on any atom is -0.385 e. The fraction of sp³-hybridized carbons (Fsp3) is 0.267. The molecule has 1 atom stereocenters. The molecule has 1 N–H and O–H groups in total. The topological polar surface area (TPSA) is 37.5 Å². The number of aromatic nitrogens is 2. The summed E-state index contributed by atoms with van der Waals surface area (Å²) in [6, 6.07) is 8.00. The Morgan fingerprint density at radius 1 is 1.42 bits per heavy atom. The van der Waals surface area contributed by atoms with Gasteiger partial charge in [-0.05, 0) is 19.4 Å². The van der Waals surface area contributed by atoms with Crippen LogP contribution in [0.3, 0.4) is 0 Å². The van der Waals surface area contributed by atoms with Crippen molar-refractivity contribution in [2.24, 2.45) is 0 Å². The van der Waals surface area contributed by atoms with Gasteiger partial charge < -0.3 is 5.11 Å². The first-order chi connectivity index (χ1) is 9.04. The maximum Gasteiger partial charge on any atom is 0.193 e. The van der Waals surface area contributed by atoms with Gasteiger partial charge >= 0.3 is 0 Å². The fourth-order valence-corrected chi connectivity index (χ4v) is 3.02. The van der Waals surface area contributed by atoms with E-state index >= 15 is 0 Å². The van der Waals surface area contributed by atoms with Crippen molar-refractivity contribution in [3.05, 3.63) is 58.9 Å². The van der Waals surface area contributed by atoms with Crippen LogP contribution < -0.4 is 0 Å². The molecule has 0 radical (unpaired) electrons. The predicted molar refractivity (Wildman–Crippen MR) is 77.5 cm³/mol. The summed E-state index contributed by atoms with van der Waals surface area (Å²) in [6.07, 6.45) is 4.48. The first kappa shape index (κ1) is 12.4. The molecular weight excluding hydrogens is 256 g/mol. The third-order valence-corrected chi connectivity index (χ3v) is 4.08. The molecule has 3 nitrogen and oxygen atoms in total. The van der Waals surface area contributed by atoms with Crippen LogP contribution in [0, 0.1) is 6.92 Å². The van der Waals surface area contributed by atoms with Crippen molar-refractivity contribution in [2.45, 2.75) is 25.9 Å². The van der Waals surface area contributed by atoms with E-state index in [-0.39, 0.29) is 0 Å². The lowest BCUT2D eigenvalue weighted by molar-refractivity contribution is 0.0567. The Balaban J connectivity index is 1.90. The molecule has 19 heavy (non-hydrogen) atoms. The van der Waals surface area contributed by atoms with Crippen molar-refractivity contribution in [1.82, 2.24) is 9.38 Å². The lowest BCUT2D eigenvalue weighted by atomic mass is 9.90. The van der Waals surface area contributed by atoms with Crippen LogP contribution in [0.2, 0.25) is 0 Å². The van der Waals surface area contributed by atoms with E-state index in [2.05, 4.69) is 4.98 Å². The second-order valence-electron chi connectivity index (χ2n) is 5.15. The summed E-state index contributed by atoms with van der Waals surface area (Å²) < 4.78 is 1.99. The average Bonchev–Trinajstić information content (AvgIpc) is 2.89. The van der Waals surface area contributed by atoms with Gasteiger partial charge in [-0.2, -0.15) is 0 Å². The van der Waals surface area contributed by atoms with Gasteiger partial charge in [0, 0.05) is 24.2 Å². The average molecular weight is 272 g/mol. The quantitative estimate of drug-likeness (QED) is 0.795. The molecule has 4 heteroatoms. The molecule has 0 saturated carbocycles. The number of fused-ring (bicyclic) bond motifs is 1. The number of imidazole rings is 1. The smallest absolute Gasteiger partial charge is 0.193 e. The summed E-state index contributed by atoms with van der Waals surface area (Å²) in [4.78, 5) is 5.49. The van der Waals surface area contributed by atoms with E-state index in [0.29, 0.717) is 6.42 Å². The van der Waals surface area contributed by atoms with E-state index in [4.69, 9.17) is 0 Å². The number of hydrogen-bond acceptors (Lipinski definition) is 3. The van der Waals surface area contributed by atoms with Crippen LogP contribution in [0.5, 0.6) is 0 Å². The monoisotopic (exact) mass is 272 g/mol. The molecule has 1 aromatic carbocycles. The lowest BCUT2D eigenvalue weighted by Gasteiger charge is -2.23. The normalized spacial score (nSPS) is 14.7. The Hall–Kier alpha value is -1.65. The third-order valence-electron chi connectivity index (χ3n) is 3.31. The van der Waals surface area contributed by atoms with Crippen molar-refractivity contribution in [2.75, 3.05) is 0 Å². The molecule has 0 amide bonds. The Morgan fingerprint density at radius 2 is 2.26 bits per heavy atom. The Morgan fingerprint density at radius 3 is 3.00 bits per heavy atom. The van der Waals surface area contributed by atoms with Crippen molar-refractivity contribution in [1.29, 1.82) is 0 Å². The second-order valence-corrected chi connectivity index (χ2v) is 6.02. The molecule has 1 unspecified atom stereocenters. The van der Waals surface area contributed by atoms with Crippen molar-refractivity contribution in [3.8, 4) is 0 Å². The van der Waals surface area contributed by atoms with Crippen LogP contribution in [-0.4, -0.2) is 14.5 Å². The van der Waals surface area contributed by atoms with E-state index < -0.39 is 5.60 Å². The third kappa shape index (κ3) is 2.41. The molecule has 0 fully saturated rings. The van der Waals surface area contributed by atoms with Crippen molar-refractivity contribution < 1.29 is 5.11 Å². The van der Waals surface area contributed by atoms with Crippen molar-refractivity contribution >= 4 is 16.3 Å². The number of hydrogen-bond donors (Lipinski definition) is 1. The van der Waals surface area contributed by atoms with E-state index in [1.54, 1.807) is 11.3 Å². The van der Waals surface area contributed by atoms with Crippen LogP contribution in [0.15, 0.2) is 42.0 Å². The summed E-state index contributed by atoms with van der Waals surface area (Å²) in [7, 11) is 0. The number of thiazole rings is 1. The molecule has 0 aliphatic carbocycles. The first-order valence-electron chi connectivity index (χ1n) is 6.25. The second kappa shape index (κ2) is 4.47. The highest BCUT2D eigenvalue weighted by Crippen LogP contribution is 2.26. The molecule has 98 valence electrons. The standard InChI is InChI=1S/C15H16N2OS/c1-11-4-3-5-12(8-11)15(2,18)9-13-10-17-6-7-19-14(17)16-13/h3-8,10,18H,9H2,1-2H3. The van der Waals surface area contributed by atoms with Gasteiger partial charge in [0.25, 0.3) is 0 Å². The maximum atomic E-state index is 10.7. The number of aliphatic hydroxyl groups is 1. The van der Waals surface area contributed by atoms with E-state index in [1.165, 1.54) is 0 Å². The van der Waals surface area contributed by atoms with E-state index in [0.717, 1.165) is 21.8 Å². The molecule has 0 aliphatic heterocycles. The van der Waals surface area contributed by atoms with Gasteiger partial charge in [0.15, 0.2) is 4.96 Å². The largest absolute Gasteiger partial charge is 0.385 e. The summed E-state index contributed by atoms with van der Waals surface area (Å²) >= 11 is 1.60. The number of benzene rings is 1. The van der Waals surface area contributed by atoms with Gasteiger partial charge in [-0.25, -0.2) is 4.98 Å². The zero-order valence-electron chi connectivity index (χ0n) is 11.0. The zero-order chi connectivity index (χ0) is 13.5. The fourth-order valence-electron chi connectivity index (χ4n) is 2.30. The van der Waals surface area contributed by atoms with Crippen molar-refractivity contribution in [3.63, 3.8) is 0 Å². The number of rotatable bonds is 3. The van der Waals surface area contributed by atoms with Gasteiger partial charge in [-0.3, -0.25) is 4.40 Å². The molecule has 0 saturated heterocycles. The summed E-state index contributed by atoms with van der Waals surface area (Å²) in [5.41, 5.74) is 2.11. The molecule has 0 aliphatic rings. The molecular formula is C15H16N2OS. The highest BCUT2D eigenvalue weighted by Gasteiger charge is 2.25. The highest BCUT2D eigenvalue weighted by atomic mass is 32.1. The lowest BCUT2D eigenvalue weighted by Crippen LogP contribution is -2.24. The minimum atomic E-state index is -0.893. The van der Waals surface area contributed by atoms with Crippen LogP contribution in [0.25, 0.3) is 4.96 Å². The van der Waals surface area contributed by atoms with Gasteiger partial charge in [-0.15, -0.1) is 11.3 Å². The molecule has 0 bridgehead atoms. The number of aryl methyl sites for hydroxylation is 1. The van der Waals surface area contributed by atoms with Gasteiger partial charge in [0.05, 0.1) is 11.3 Å². The SMILES string of the molecule is Cc1cccc(C(C)(O)Cc2cn3ccsc3n2)c1. The van der Waals surface area contributed by atoms with E-state index in [1.807, 2.05) is 60.3 Å². The summed E-state index contributed by atoms with van der Waals surface area (Å²) in [5, 5.41) is 12.7. The molecule has 2 heterocycles. The van der Waals surface area contributed by atoms with Crippen LogP contribution >= 0.6 is 11.3 Å². The first-order valence-corrected chi connectivity index (χ1v) is 7.13. The molecule has 0 spiro atoms. The molecule has 3 rings (SSSR count). The Labute approximate surface area is 116 Å². The summed E-state index contributed by atoms with van der Waals surface area (Å²) in [6.45, 7) is 3.88. The van der Waals surface area contributed by atoms with Gasteiger partial charge in [0.1, 0.15) is 0 Å². The number of nitrogens with zero attached hydrogens (tertiary/aromatic N) is 2. The molecule has 3 aromatic rings. The Kier molecular flexibility index (Phi) is 2.92. The predicted octanol–water partition coefficient (Wildman–Crippen LogP) is 3.15. The zero-order valence-corrected chi connectivity index (χ0v) is 11.8. The van der Waals surface area contributed by atoms with E-state index in [9.17, 15) is 5.11 Å². The van der Waals surface area contributed by atoms with Crippen LogP contribution in [0.4, 0.5) is 0 Å². The minimum absolute atomic E-state index is 0.519. The maximum absolute atomic E-state index is 10.7. The Bertz CT molecular complexity index is 683. The molecule has 2 aromatic heterocycles.